The summed E-state index contributed by atoms with van der Waals surface area (Å²) in [7, 11) is 0. The number of aromatic nitrogens is 2. The van der Waals surface area contributed by atoms with Crippen molar-refractivity contribution in [3.05, 3.63) is 53.6 Å². The summed E-state index contributed by atoms with van der Waals surface area (Å²) in [6, 6.07) is 7.78. The molecule has 0 amide bonds. The van der Waals surface area contributed by atoms with Crippen molar-refractivity contribution >= 4 is 22.9 Å². The molecule has 0 aliphatic heterocycles. The van der Waals surface area contributed by atoms with Crippen LogP contribution in [-0.4, -0.2) is 15.0 Å². The molecule has 2 rings (SSSR count). The molecule has 0 saturated carbocycles. The van der Waals surface area contributed by atoms with E-state index in [4.69, 9.17) is 18.0 Å². The van der Waals surface area contributed by atoms with Gasteiger partial charge in [0.15, 0.2) is 0 Å². The smallest absolute Gasteiger partial charge is 0.122 e. The van der Waals surface area contributed by atoms with Gasteiger partial charge in [-0.1, -0.05) is 25.2 Å². The number of anilines is 1. The van der Waals surface area contributed by atoms with Crippen LogP contribution in [0.15, 0.2) is 36.7 Å². The fourth-order valence-electron chi connectivity index (χ4n) is 1.81. The number of thiocarbonyl (C=S) groups is 1. The molecular weight excluding hydrogens is 256 g/mol. The van der Waals surface area contributed by atoms with E-state index < -0.39 is 0 Å². The van der Waals surface area contributed by atoms with E-state index in [0.29, 0.717) is 17.2 Å². The molecule has 0 saturated heterocycles. The van der Waals surface area contributed by atoms with Crippen molar-refractivity contribution in [2.45, 2.75) is 19.9 Å². The first-order valence-corrected chi connectivity index (χ1v) is 6.54. The minimum atomic E-state index is 0.302. The molecule has 0 aromatic carbocycles. The Kier molecular flexibility index (Phi) is 4.41. The minimum absolute atomic E-state index is 0.302. The minimum Gasteiger partial charge on any atom is -0.388 e. The van der Waals surface area contributed by atoms with Crippen LogP contribution in [-0.2, 0) is 13.0 Å². The maximum atomic E-state index is 5.56. The number of aryl methyl sites for hydroxylation is 1. The van der Waals surface area contributed by atoms with E-state index >= 15 is 0 Å². The number of rotatable bonds is 5. The highest BCUT2D eigenvalue weighted by Gasteiger charge is 2.03. The maximum Gasteiger partial charge on any atom is 0.122 e. The Hall–Kier alpha value is -2.01. The fraction of sp³-hybridized carbons (Fsp3) is 0.214. The Morgan fingerprint density at radius 1 is 1.32 bits per heavy atom. The SMILES string of the molecule is CCc1cccnc1CNc1ccnc(C(N)=S)c1. The highest BCUT2D eigenvalue weighted by atomic mass is 32.1. The fourth-order valence-corrected chi connectivity index (χ4v) is 1.93. The topological polar surface area (TPSA) is 63.8 Å². The molecule has 4 nitrogen and oxygen atoms in total. The Morgan fingerprint density at radius 2 is 2.16 bits per heavy atom. The molecule has 0 aliphatic rings. The first kappa shape index (κ1) is 13.4. The van der Waals surface area contributed by atoms with Gasteiger partial charge in [0.1, 0.15) is 4.99 Å². The van der Waals surface area contributed by atoms with Gasteiger partial charge in [-0.3, -0.25) is 9.97 Å². The number of pyridine rings is 2. The molecule has 0 fully saturated rings. The van der Waals surface area contributed by atoms with Crippen LogP contribution < -0.4 is 11.1 Å². The molecule has 3 N–H and O–H groups in total. The predicted octanol–water partition coefficient (Wildman–Crippen LogP) is 2.29. The van der Waals surface area contributed by atoms with Gasteiger partial charge in [-0.25, -0.2) is 0 Å². The van der Waals surface area contributed by atoms with E-state index in [1.165, 1.54) is 5.56 Å². The number of nitrogens with one attached hydrogen (secondary N) is 1. The molecule has 5 heteroatoms. The molecule has 0 aliphatic carbocycles. The zero-order chi connectivity index (χ0) is 13.7. The van der Waals surface area contributed by atoms with E-state index in [1.807, 2.05) is 24.4 Å². The lowest BCUT2D eigenvalue weighted by molar-refractivity contribution is 0.971. The van der Waals surface area contributed by atoms with Gasteiger partial charge in [0.2, 0.25) is 0 Å². The van der Waals surface area contributed by atoms with Crippen LogP contribution >= 0.6 is 12.2 Å². The van der Waals surface area contributed by atoms with Crippen LogP contribution in [0, 0.1) is 0 Å². The van der Waals surface area contributed by atoms with Gasteiger partial charge in [0, 0.05) is 18.1 Å². The number of nitrogens with two attached hydrogens (primary N) is 1. The third-order valence-electron chi connectivity index (χ3n) is 2.84. The molecule has 2 heterocycles. The third kappa shape index (κ3) is 3.48. The summed E-state index contributed by atoms with van der Waals surface area (Å²) < 4.78 is 0. The van der Waals surface area contributed by atoms with Gasteiger partial charge in [0.25, 0.3) is 0 Å². The molecule has 19 heavy (non-hydrogen) atoms. The van der Waals surface area contributed by atoms with Gasteiger partial charge in [-0.15, -0.1) is 0 Å². The van der Waals surface area contributed by atoms with Crippen LogP contribution in [0.3, 0.4) is 0 Å². The van der Waals surface area contributed by atoms with Crippen LogP contribution in [0.4, 0.5) is 5.69 Å². The molecule has 2 aromatic heterocycles. The average molecular weight is 272 g/mol. The summed E-state index contributed by atoms with van der Waals surface area (Å²) in [4.78, 5) is 8.80. The summed E-state index contributed by atoms with van der Waals surface area (Å²) in [5, 5.41) is 3.31. The van der Waals surface area contributed by atoms with Gasteiger partial charge >= 0.3 is 0 Å². The summed E-state index contributed by atoms with van der Waals surface area (Å²) in [6.07, 6.45) is 4.47. The lowest BCUT2D eigenvalue weighted by Crippen LogP contribution is -2.12. The number of hydrogen-bond donors (Lipinski definition) is 2. The van der Waals surface area contributed by atoms with Crippen molar-refractivity contribution in [2.24, 2.45) is 5.73 Å². The molecular formula is C14H16N4S. The first-order valence-electron chi connectivity index (χ1n) is 6.13. The van der Waals surface area contributed by atoms with Crippen molar-refractivity contribution in [1.82, 2.24) is 9.97 Å². The van der Waals surface area contributed by atoms with E-state index in [0.717, 1.165) is 17.8 Å². The van der Waals surface area contributed by atoms with Crippen LogP contribution in [0.2, 0.25) is 0 Å². The zero-order valence-corrected chi connectivity index (χ0v) is 11.6. The van der Waals surface area contributed by atoms with Crippen molar-refractivity contribution < 1.29 is 0 Å². The predicted molar refractivity (Wildman–Crippen MR) is 81.1 cm³/mol. The average Bonchev–Trinajstić information content (AvgIpc) is 2.45. The van der Waals surface area contributed by atoms with Gasteiger partial charge < -0.3 is 11.1 Å². The van der Waals surface area contributed by atoms with E-state index in [-0.39, 0.29) is 0 Å². The van der Waals surface area contributed by atoms with Crippen LogP contribution in [0.1, 0.15) is 23.9 Å². The summed E-state index contributed by atoms with van der Waals surface area (Å²) >= 11 is 4.91. The van der Waals surface area contributed by atoms with Crippen molar-refractivity contribution in [1.29, 1.82) is 0 Å². The van der Waals surface area contributed by atoms with Crippen LogP contribution in [0.5, 0.6) is 0 Å². The first-order chi connectivity index (χ1) is 9.20. The highest BCUT2D eigenvalue weighted by Crippen LogP contribution is 2.12. The number of hydrogen-bond acceptors (Lipinski definition) is 4. The lowest BCUT2D eigenvalue weighted by atomic mass is 10.1. The highest BCUT2D eigenvalue weighted by molar-refractivity contribution is 7.80. The lowest BCUT2D eigenvalue weighted by Gasteiger charge is -2.09. The normalized spacial score (nSPS) is 10.2. The van der Waals surface area contributed by atoms with Crippen molar-refractivity contribution in [3.63, 3.8) is 0 Å². The Labute approximate surface area is 118 Å². The molecule has 0 unspecified atom stereocenters. The largest absolute Gasteiger partial charge is 0.388 e. The summed E-state index contributed by atoms with van der Waals surface area (Å²) in [5.41, 5.74) is 9.43. The second kappa shape index (κ2) is 6.24. The Morgan fingerprint density at radius 3 is 2.89 bits per heavy atom. The standard InChI is InChI=1S/C14H16N4S/c1-2-10-4-3-6-16-13(10)9-18-11-5-7-17-12(8-11)14(15)19/h3-8H,2,9H2,1H3,(H2,15,19)(H,17,18). The van der Waals surface area contributed by atoms with Crippen molar-refractivity contribution in [2.75, 3.05) is 5.32 Å². The molecule has 2 aromatic rings. The second-order valence-electron chi connectivity index (χ2n) is 4.11. The molecule has 0 atom stereocenters. The molecule has 98 valence electrons. The van der Waals surface area contributed by atoms with Crippen molar-refractivity contribution in [3.8, 4) is 0 Å². The zero-order valence-electron chi connectivity index (χ0n) is 10.8. The molecule has 0 bridgehead atoms. The van der Waals surface area contributed by atoms with Gasteiger partial charge in [-0.05, 0) is 30.2 Å². The van der Waals surface area contributed by atoms with E-state index in [9.17, 15) is 0 Å². The third-order valence-corrected chi connectivity index (χ3v) is 3.05. The van der Waals surface area contributed by atoms with E-state index in [1.54, 1.807) is 6.20 Å². The number of nitrogens with zero attached hydrogens (tertiary/aromatic N) is 2. The molecule has 0 spiro atoms. The summed E-state index contributed by atoms with van der Waals surface area (Å²) in [5.74, 6) is 0. The molecule has 0 radical (unpaired) electrons. The quantitative estimate of drug-likeness (QED) is 0.818. The van der Waals surface area contributed by atoms with E-state index in [2.05, 4.69) is 28.3 Å². The Balaban J connectivity index is 2.10. The Bertz CT molecular complexity index is 583. The monoisotopic (exact) mass is 272 g/mol. The van der Waals surface area contributed by atoms with Gasteiger partial charge in [0.05, 0.1) is 17.9 Å². The second-order valence-corrected chi connectivity index (χ2v) is 4.55. The maximum absolute atomic E-state index is 5.56. The summed E-state index contributed by atoms with van der Waals surface area (Å²) in [6.45, 7) is 2.79. The van der Waals surface area contributed by atoms with Gasteiger partial charge in [-0.2, -0.15) is 0 Å². The van der Waals surface area contributed by atoms with Crippen LogP contribution in [0.25, 0.3) is 0 Å².